The number of hydrogen-bond acceptors (Lipinski definition) is 2. The van der Waals surface area contributed by atoms with Gasteiger partial charge in [0.05, 0.1) is 12.0 Å². The van der Waals surface area contributed by atoms with Crippen molar-refractivity contribution >= 4 is 29.2 Å². The van der Waals surface area contributed by atoms with Gasteiger partial charge in [0.1, 0.15) is 0 Å². The van der Waals surface area contributed by atoms with Gasteiger partial charge in [-0.25, -0.2) is 4.79 Å². The molecule has 2 rings (SSSR count). The summed E-state index contributed by atoms with van der Waals surface area (Å²) in [7, 11) is 0. The number of aryl methyl sites for hydroxylation is 1. The lowest BCUT2D eigenvalue weighted by atomic mass is 10.1. The zero-order chi connectivity index (χ0) is 15.4. The van der Waals surface area contributed by atoms with Crippen LogP contribution in [0, 0.1) is 6.92 Å². The highest BCUT2D eigenvalue weighted by Gasteiger charge is 2.10. The zero-order valence-corrected chi connectivity index (χ0v) is 12.1. The molecule has 4 nitrogen and oxygen atoms in total. The summed E-state index contributed by atoms with van der Waals surface area (Å²) in [5, 5.41) is 12.3. The molecule has 1 amide bonds. The molecule has 0 saturated heterocycles. The van der Waals surface area contributed by atoms with E-state index in [9.17, 15) is 9.59 Å². The molecule has 2 aromatic carbocycles. The molecular formula is C16H14ClNO3. The van der Waals surface area contributed by atoms with Gasteiger partial charge in [-0.05, 0) is 42.3 Å². The Morgan fingerprint density at radius 2 is 1.95 bits per heavy atom. The number of carbonyl (C=O) groups is 2. The Morgan fingerprint density at radius 3 is 2.62 bits per heavy atom. The summed E-state index contributed by atoms with van der Waals surface area (Å²) in [4.78, 5) is 23.0. The van der Waals surface area contributed by atoms with Crippen molar-refractivity contribution in [3.05, 3.63) is 64.2 Å². The van der Waals surface area contributed by atoms with Crippen molar-refractivity contribution in [2.75, 3.05) is 5.32 Å². The zero-order valence-electron chi connectivity index (χ0n) is 11.4. The number of carboxylic acids is 1. The topological polar surface area (TPSA) is 66.4 Å². The van der Waals surface area contributed by atoms with E-state index in [4.69, 9.17) is 16.7 Å². The summed E-state index contributed by atoms with van der Waals surface area (Å²) in [6, 6.07) is 11.7. The van der Waals surface area contributed by atoms with Gasteiger partial charge in [0, 0.05) is 10.7 Å². The smallest absolute Gasteiger partial charge is 0.335 e. The first-order valence-corrected chi connectivity index (χ1v) is 6.72. The fourth-order valence-electron chi connectivity index (χ4n) is 1.92. The summed E-state index contributed by atoms with van der Waals surface area (Å²) in [5.74, 6) is -1.25. The molecule has 108 valence electrons. The van der Waals surface area contributed by atoms with Crippen LogP contribution in [0.15, 0.2) is 42.5 Å². The van der Waals surface area contributed by atoms with Crippen LogP contribution in [0.25, 0.3) is 0 Å². The predicted molar refractivity (Wildman–Crippen MR) is 81.9 cm³/mol. The number of aromatic carboxylic acids is 1. The number of benzene rings is 2. The van der Waals surface area contributed by atoms with Crippen molar-refractivity contribution in [3.63, 3.8) is 0 Å². The number of hydrogen-bond donors (Lipinski definition) is 2. The molecular weight excluding hydrogens is 290 g/mol. The average molecular weight is 304 g/mol. The molecule has 2 aromatic rings. The van der Waals surface area contributed by atoms with Gasteiger partial charge in [-0.2, -0.15) is 0 Å². The first kappa shape index (κ1) is 15.1. The van der Waals surface area contributed by atoms with E-state index in [0.29, 0.717) is 10.7 Å². The summed E-state index contributed by atoms with van der Waals surface area (Å²) < 4.78 is 0. The van der Waals surface area contributed by atoms with E-state index in [-0.39, 0.29) is 17.9 Å². The summed E-state index contributed by atoms with van der Waals surface area (Å²) in [6.07, 6.45) is 0.178. The highest BCUT2D eigenvalue weighted by atomic mass is 35.5. The quantitative estimate of drug-likeness (QED) is 0.908. The molecule has 0 aromatic heterocycles. The highest BCUT2D eigenvalue weighted by Crippen LogP contribution is 2.18. The third-order valence-corrected chi connectivity index (χ3v) is 3.25. The summed E-state index contributed by atoms with van der Waals surface area (Å²) in [6.45, 7) is 1.81. The van der Waals surface area contributed by atoms with Crippen molar-refractivity contribution in [2.24, 2.45) is 0 Å². The van der Waals surface area contributed by atoms with E-state index >= 15 is 0 Å². The van der Waals surface area contributed by atoms with Crippen LogP contribution in [0.4, 0.5) is 5.69 Å². The summed E-state index contributed by atoms with van der Waals surface area (Å²) in [5.41, 5.74) is 2.24. The van der Waals surface area contributed by atoms with Gasteiger partial charge >= 0.3 is 5.97 Å². The molecule has 0 aliphatic heterocycles. The fourth-order valence-corrected chi connectivity index (χ4v) is 2.13. The van der Waals surface area contributed by atoms with Crippen molar-refractivity contribution in [1.82, 2.24) is 0 Å². The SMILES string of the molecule is Cc1ccc(C(=O)O)cc1NC(=O)Cc1cccc(Cl)c1. The van der Waals surface area contributed by atoms with E-state index in [0.717, 1.165) is 11.1 Å². The van der Waals surface area contributed by atoms with E-state index in [1.165, 1.54) is 12.1 Å². The highest BCUT2D eigenvalue weighted by molar-refractivity contribution is 6.30. The monoisotopic (exact) mass is 303 g/mol. The fraction of sp³-hybridized carbons (Fsp3) is 0.125. The lowest BCUT2D eigenvalue weighted by molar-refractivity contribution is -0.115. The third-order valence-electron chi connectivity index (χ3n) is 3.01. The molecule has 0 aliphatic rings. The molecule has 0 saturated carbocycles. The maximum atomic E-state index is 12.0. The Hall–Kier alpha value is -2.33. The number of rotatable bonds is 4. The van der Waals surface area contributed by atoms with Gasteiger partial charge in [-0.3, -0.25) is 4.79 Å². The number of amides is 1. The number of nitrogens with one attached hydrogen (secondary N) is 1. The first-order valence-electron chi connectivity index (χ1n) is 6.34. The maximum Gasteiger partial charge on any atom is 0.335 e. The number of halogens is 1. The minimum atomic E-state index is -1.03. The normalized spacial score (nSPS) is 10.2. The van der Waals surface area contributed by atoms with Crippen LogP contribution >= 0.6 is 11.6 Å². The van der Waals surface area contributed by atoms with E-state index in [1.807, 2.05) is 6.07 Å². The lowest BCUT2D eigenvalue weighted by Crippen LogP contribution is -2.15. The molecule has 0 spiro atoms. The van der Waals surface area contributed by atoms with Gasteiger partial charge in [0.2, 0.25) is 5.91 Å². The molecule has 21 heavy (non-hydrogen) atoms. The van der Waals surface area contributed by atoms with Crippen LogP contribution in [0.1, 0.15) is 21.5 Å². The van der Waals surface area contributed by atoms with Crippen molar-refractivity contribution in [3.8, 4) is 0 Å². The summed E-state index contributed by atoms with van der Waals surface area (Å²) >= 11 is 5.87. The van der Waals surface area contributed by atoms with Gasteiger partial charge in [-0.15, -0.1) is 0 Å². The van der Waals surface area contributed by atoms with E-state index < -0.39 is 5.97 Å². The largest absolute Gasteiger partial charge is 0.478 e. The Bertz CT molecular complexity index is 698. The third kappa shape index (κ3) is 4.07. The molecule has 0 radical (unpaired) electrons. The lowest BCUT2D eigenvalue weighted by Gasteiger charge is -2.09. The van der Waals surface area contributed by atoms with Crippen LogP contribution in [0.2, 0.25) is 5.02 Å². The Balaban J connectivity index is 2.12. The average Bonchev–Trinajstić information content (AvgIpc) is 2.41. The first-order chi connectivity index (χ1) is 9.95. The Labute approximate surface area is 127 Å². The van der Waals surface area contributed by atoms with E-state index in [2.05, 4.69) is 5.32 Å². The minimum Gasteiger partial charge on any atom is -0.478 e. The van der Waals surface area contributed by atoms with Gasteiger partial charge < -0.3 is 10.4 Å². The predicted octanol–water partition coefficient (Wildman–Crippen LogP) is 3.53. The minimum absolute atomic E-state index is 0.138. The van der Waals surface area contributed by atoms with Crippen LogP contribution in [-0.4, -0.2) is 17.0 Å². The molecule has 2 N–H and O–H groups in total. The molecule has 0 heterocycles. The van der Waals surface area contributed by atoms with Gasteiger partial charge in [0.15, 0.2) is 0 Å². The van der Waals surface area contributed by atoms with Crippen molar-refractivity contribution < 1.29 is 14.7 Å². The second kappa shape index (κ2) is 6.41. The molecule has 0 bridgehead atoms. The van der Waals surface area contributed by atoms with Gasteiger partial charge in [0.25, 0.3) is 0 Å². The number of carbonyl (C=O) groups excluding carboxylic acids is 1. The molecule has 5 heteroatoms. The number of carboxylic acid groups (broad SMARTS) is 1. The van der Waals surface area contributed by atoms with Crippen LogP contribution < -0.4 is 5.32 Å². The second-order valence-electron chi connectivity index (χ2n) is 4.69. The van der Waals surface area contributed by atoms with Crippen molar-refractivity contribution in [1.29, 1.82) is 0 Å². The van der Waals surface area contributed by atoms with Crippen LogP contribution in [0.3, 0.4) is 0 Å². The van der Waals surface area contributed by atoms with Gasteiger partial charge in [-0.1, -0.05) is 29.8 Å². The maximum absolute atomic E-state index is 12.0. The molecule has 0 unspecified atom stereocenters. The second-order valence-corrected chi connectivity index (χ2v) is 5.13. The van der Waals surface area contributed by atoms with Crippen molar-refractivity contribution in [2.45, 2.75) is 13.3 Å². The Kier molecular flexibility index (Phi) is 4.60. The molecule has 0 fully saturated rings. The van der Waals surface area contributed by atoms with Crippen LogP contribution in [0.5, 0.6) is 0 Å². The number of anilines is 1. The molecule has 0 aliphatic carbocycles. The Morgan fingerprint density at radius 1 is 1.19 bits per heavy atom. The standard InChI is InChI=1S/C16H14ClNO3/c1-10-5-6-12(16(20)21)9-14(10)18-15(19)8-11-3-2-4-13(17)7-11/h2-7,9H,8H2,1H3,(H,18,19)(H,20,21). The van der Waals surface area contributed by atoms with Crippen LogP contribution in [-0.2, 0) is 11.2 Å². The van der Waals surface area contributed by atoms with E-state index in [1.54, 1.807) is 31.2 Å². The molecule has 0 atom stereocenters.